The summed E-state index contributed by atoms with van der Waals surface area (Å²) in [5, 5.41) is 12.0. The molecule has 12 fully saturated rings. The van der Waals surface area contributed by atoms with Crippen molar-refractivity contribution in [3.8, 4) is 0 Å². The first-order chi connectivity index (χ1) is 44.6. The average Bonchev–Trinajstić information content (AvgIpc) is 1.57. The van der Waals surface area contributed by atoms with E-state index >= 15 is 14.4 Å². The van der Waals surface area contributed by atoms with E-state index in [4.69, 9.17) is 104 Å². The molecule has 31 heteroatoms. The van der Waals surface area contributed by atoms with Gasteiger partial charge in [0.15, 0.2) is 69.2 Å². The average molecular weight is 1360 g/mol. The number of benzene rings is 1. The number of ether oxygens (including phenoxy) is 22. The number of alkyl carbamates (subject to hydrolysis) is 1. The van der Waals surface area contributed by atoms with Gasteiger partial charge >= 0.3 is 12.1 Å². The van der Waals surface area contributed by atoms with E-state index in [9.17, 15) is 9.59 Å². The molecule has 12 saturated heterocycles. The maximum absolute atomic E-state index is 16.2. The number of esters is 1. The molecule has 1 aromatic rings. The number of amides is 4. The van der Waals surface area contributed by atoms with Gasteiger partial charge in [-0.15, -0.1) is 0 Å². The maximum atomic E-state index is 16.2. The summed E-state index contributed by atoms with van der Waals surface area (Å²) in [5.74, 6) is -12.9. The largest absolute Gasteiger partial charge is 0.469 e. The minimum Gasteiger partial charge on any atom is -0.469 e. The van der Waals surface area contributed by atoms with E-state index in [2.05, 4.69) is 21.3 Å². The number of methoxy groups -OCH3 is 1. The second kappa shape index (κ2) is 24.1. The van der Waals surface area contributed by atoms with Crippen LogP contribution in [0.5, 0.6) is 0 Å². The van der Waals surface area contributed by atoms with Gasteiger partial charge in [0.2, 0.25) is 17.7 Å². The Kier molecular flexibility index (Phi) is 17.6. The zero-order valence-corrected chi connectivity index (χ0v) is 57.5. The minimum absolute atomic E-state index is 0.000752. The Labute approximate surface area is 556 Å². The van der Waals surface area contributed by atoms with Crippen LogP contribution < -0.4 is 21.3 Å². The Morgan fingerprint density at radius 1 is 0.354 bits per heavy atom. The summed E-state index contributed by atoms with van der Waals surface area (Å²) in [6.45, 7) is 27.3. The highest BCUT2D eigenvalue weighted by Crippen LogP contribution is 2.53. The Morgan fingerprint density at radius 2 is 0.635 bits per heavy atom. The fraction of sp³-hybridized carbons (Fsp3) is 0.831. The van der Waals surface area contributed by atoms with Crippen molar-refractivity contribution >= 4 is 29.8 Å². The van der Waals surface area contributed by atoms with Crippen LogP contribution in [-0.4, -0.2) is 230 Å². The lowest BCUT2D eigenvalue weighted by Crippen LogP contribution is -2.65. The lowest BCUT2D eigenvalue weighted by atomic mass is 9.93. The van der Waals surface area contributed by atoms with Gasteiger partial charge in [-0.2, -0.15) is 0 Å². The molecule has 12 heterocycles. The molecule has 0 aromatic heterocycles. The van der Waals surface area contributed by atoms with Crippen molar-refractivity contribution in [3.63, 3.8) is 0 Å². The first-order valence-corrected chi connectivity index (χ1v) is 33.0. The van der Waals surface area contributed by atoms with Crippen molar-refractivity contribution in [1.29, 1.82) is 0 Å². The molecule has 20 atom stereocenters. The molecule has 0 aliphatic carbocycles. The molecule has 536 valence electrons. The van der Waals surface area contributed by atoms with Crippen LogP contribution in [0.3, 0.4) is 0 Å². The predicted molar refractivity (Wildman–Crippen MR) is 320 cm³/mol. The topological polar surface area (TPSA) is 337 Å². The molecule has 12 aliphatic heterocycles. The molecular formula is C65H94N4O27. The van der Waals surface area contributed by atoms with Crippen molar-refractivity contribution in [2.75, 3.05) is 33.5 Å². The van der Waals surface area contributed by atoms with Crippen LogP contribution in [0.25, 0.3) is 0 Å². The van der Waals surface area contributed by atoms with Crippen LogP contribution in [0, 0.1) is 0 Å². The van der Waals surface area contributed by atoms with Crippen molar-refractivity contribution in [1.82, 2.24) is 21.3 Å². The summed E-state index contributed by atoms with van der Waals surface area (Å²) in [4.78, 5) is 75.9. The summed E-state index contributed by atoms with van der Waals surface area (Å²) < 4.78 is 142. The number of carbonyl (C=O) groups excluding carboxylic acids is 5. The molecule has 0 spiro atoms. The fourth-order valence-corrected chi connectivity index (χ4v) is 15.6. The molecule has 4 amide bonds. The highest BCUT2D eigenvalue weighted by molar-refractivity contribution is 5.84. The maximum Gasteiger partial charge on any atom is 0.409 e. The van der Waals surface area contributed by atoms with E-state index in [1.807, 2.05) is 6.07 Å². The third-order valence-corrected chi connectivity index (χ3v) is 19.1. The Hall–Kier alpha value is -4.43. The normalized spacial score (nSPS) is 43.3. The van der Waals surface area contributed by atoms with Gasteiger partial charge in [-0.25, -0.2) is 4.79 Å². The van der Waals surface area contributed by atoms with Crippen LogP contribution in [0.4, 0.5) is 4.79 Å². The number of carbonyl (C=O) groups is 5. The van der Waals surface area contributed by atoms with E-state index in [1.54, 1.807) is 135 Å². The van der Waals surface area contributed by atoms with Crippen molar-refractivity contribution in [2.24, 2.45) is 0 Å². The van der Waals surface area contributed by atoms with Gasteiger partial charge in [0.25, 0.3) is 0 Å². The standard InChI is InChI=1S/C65H94N4O27/c1-54(2)77-28-33(81-54)41-45-49(93-58(9,10)85-45)62(89-41,67-39(72)25-64(69-53(74)76-27-32-21-19-18-20-22-32)51-47(87-60(13,14)95-51)43(91-64)35-30-79-56(5,6)83-35)23-37(70)66-63(50-46(86-59(11,12)94-50)42(90-63)34-29-78-55(3,4)82-34)24-38(71)68-65(26-40(73)75-17)52-48(88-61(15,16)96-52)44(92-65)36-31-80-57(7,8)84-36/h18-22,33-36,41-52H,23-31H2,1-17H3,(H,66,70)(H,67,72)(H,68,71)(H,69,74)/t33-,34-,35-,36-,41-,42-,43-,44-,45+,46+,47+,48+,49+,50+,51+,52+,62+,63+,64+,65+/m1/s1. The fourth-order valence-electron chi connectivity index (χ4n) is 15.6. The molecule has 12 aliphatic rings. The number of fused-ring (bicyclic) bond motifs is 4. The highest BCUT2D eigenvalue weighted by atomic mass is 16.8. The molecule has 0 unspecified atom stereocenters. The summed E-state index contributed by atoms with van der Waals surface area (Å²) in [5.41, 5.74) is -7.91. The summed E-state index contributed by atoms with van der Waals surface area (Å²) >= 11 is 0. The second-order valence-electron chi connectivity index (χ2n) is 30.6. The Balaban J connectivity index is 0.868. The van der Waals surface area contributed by atoms with Crippen molar-refractivity contribution < 1.29 is 128 Å². The Morgan fingerprint density at radius 3 is 0.906 bits per heavy atom. The summed E-state index contributed by atoms with van der Waals surface area (Å²) in [6, 6.07) is 8.99. The SMILES string of the molecule is COC(=O)C[C@]1(NC(=O)C[C@]2(NC(=O)C[C@]3(NC(=O)C[C@]4(NC(=O)OCc5ccccc5)O[C@H]([C@H]5COC(C)(C)O5)[C@@H]5OC(C)(C)O[C@@H]54)O[C@H]([C@H]4COC(C)(C)O4)[C@@H]4OC(C)(C)O[C@@H]43)O[C@H]([C@H]3COC(C)(C)O3)[C@@H]3OC(C)(C)O[C@@H]32)O[C@H]([C@H]2COC(C)(C)O2)[C@@H]2OC(C)(C)O[C@@H]21. The number of hydrogen-bond donors (Lipinski definition) is 4. The number of hydrogen-bond acceptors (Lipinski definition) is 27. The second-order valence-corrected chi connectivity index (χ2v) is 30.6. The molecule has 0 radical (unpaired) electrons. The van der Waals surface area contributed by atoms with Crippen LogP contribution in [-0.2, 0) is 130 Å². The zero-order valence-electron chi connectivity index (χ0n) is 57.5. The zero-order chi connectivity index (χ0) is 69.0. The lowest BCUT2D eigenvalue weighted by Gasteiger charge is -2.40. The van der Waals surface area contributed by atoms with Gasteiger partial charge in [-0.3, -0.25) is 24.5 Å². The highest BCUT2D eigenvalue weighted by Gasteiger charge is 2.73. The first kappa shape index (κ1) is 70.0. The lowest BCUT2D eigenvalue weighted by molar-refractivity contribution is -0.242. The van der Waals surface area contributed by atoms with E-state index in [-0.39, 0.29) is 33.0 Å². The van der Waals surface area contributed by atoms with Crippen LogP contribution >= 0.6 is 0 Å². The number of rotatable bonds is 18. The van der Waals surface area contributed by atoms with Gasteiger partial charge in [-0.1, -0.05) is 30.3 Å². The molecule has 1 aromatic carbocycles. The third kappa shape index (κ3) is 13.7. The molecule has 31 nitrogen and oxygen atoms in total. The molecule has 0 bridgehead atoms. The van der Waals surface area contributed by atoms with E-state index < -0.39 is 222 Å². The molecular weight excluding hydrogens is 1270 g/mol. The predicted octanol–water partition coefficient (Wildman–Crippen LogP) is 3.06. The molecule has 4 N–H and O–H groups in total. The first-order valence-electron chi connectivity index (χ1n) is 33.0. The molecule has 0 saturated carbocycles. The molecule has 96 heavy (non-hydrogen) atoms. The third-order valence-electron chi connectivity index (χ3n) is 19.1. The van der Waals surface area contributed by atoms with Crippen LogP contribution in [0.15, 0.2) is 30.3 Å². The summed E-state index contributed by atoms with van der Waals surface area (Å²) in [6.07, 6.45) is -20.3. The van der Waals surface area contributed by atoms with Crippen molar-refractivity contribution in [3.05, 3.63) is 35.9 Å². The van der Waals surface area contributed by atoms with Crippen LogP contribution in [0.2, 0.25) is 0 Å². The Bertz CT molecular complexity index is 3150. The van der Waals surface area contributed by atoms with Gasteiger partial charge in [0.1, 0.15) is 104 Å². The number of nitrogens with one attached hydrogen (secondary N) is 4. The van der Waals surface area contributed by atoms with Gasteiger partial charge in [0.05, 0.1) is 59.2 Å². The summed E-state index contributed by atoms with van der Waals surface area (Å²) in [7, 11) is 1.20. The quantitative estimate of drug-likeness (QED) is 0.153. The van der Waals surface area contributed by atoms with E-state index in [0.717, 1.165) is 0 Å². The van der Waals surface area contributed by atoms with Crippen molar-refractivity contribution in [2.45, 2.75) is 310 Å². The van der Waals surface area contributed by atoms with E-state index in [1.165, 1.54) is 7.11 Å². The monoisotopic (exact) mass is 1360 g/mol. The van der Waals surface area contributed by atoms with E-state index in [0.29, 0.717) is 5.56 Å². The smallest absolute Gasteiger partial charge is 0.409 e. The molecule has 13 rings (SSSR count). The van der Waals surface area contributed by atoms with Gasteiger partial charge in [0, 0.05) is 0 Å². The minimum atomic E-state index is -2.25. The van der Waals surface area contributed by atoms with Gasteiger partial charge < -0.3 is 120 Å². The van der Waals surface area contributed by atoms with Crippen LogP contribution in [0.1, 0.15) is 142 Å². The van der Waals surface area contributed by atoms with Gasteiger partial charge in [-0.05, 0) is 116 Å².